The first kappa shape index (κ1) is 27.1. The van der Waals surface area contributed by atoms with E-state index in [0.29, 0.717) is 18.9 Å². The van der Waals surface area contributed by atoms with Crippen LogP contribution in [-0.4, -0.2) is 53.2 Å². The third kappa shape index (κ3) is 6.67. The van der Waals surface area contributed by atoms with Gasteiger partial charge in [0.05, 0.1) is 30.0 Å². The number of benzene rings is 4. The maximum Gasteiger partial charge on any atom is 0.271 e. The average molecular weight is 538 g/mol. The Labute approximate surface area is 228 Å². The summed E-state index contributed by atoms with van der Waals surface area (Å²) in [5.41, 5.74) is 4.24. The standard InChI is InChI=1S/C29H28ClN3O5.2H2/c30-24-16-20(10-12-26(24)35)29(37)33-32-17-21-11-13-27(23-9-5-4-8-22(21)23)38-15-14-31-25(18-34)28(36)19-6-2-1-3-7-19;;/h1-13,16-17,25,28,31,34-36H,14-15,18H2,(H,33,37);2*1H/b32-17+;;. The fraction of sp³-hybridized carbons (Fsp3) is 0.172. The Balaban J connectivity index is 0.00000280. The molecule has 0 aliphatic heterocycles. The number of rotatable bonds is 11. The predicted molar refractivity (Wildman–Crippen MR) is 152 cm³/mol. The molecular weight excluding hydrogens is 506 g/mol. The smallest absolute Gasteiger partial charge is 0.271 e. The number of carbonyl (C=O) groups is 1. The lowest BCUT2D eigenvalue weighted by molar-refractivity contribution is 0.0878. The predicted octanol–water partition coefficient (Wildman–Crippen LogP) is 4.52. The van der Waals surface area contributed by atoms with Gasteiger partial charge in [-0.1, -0.05) is 66.2 Å². The number of phenols is 1. The maximum atomic E-state index is 12.3. The lowest BCUT2D eigenvalue weighted by atomic mass is 10.0. The number of aliphatic hydroxyl groups excluding tert-OH is 2. The molecule has 38 heavy (non-hydrogen) atoms. The van der Waals surface area contributed by atoms with Gasteiger partial charge in [0.15, 0.2) is 0 Å². The Bertz CT molecular complexity index is 1430. The second-order valence-corrected chi connectivity index (χ2v) is 8.92. The molecule has 4 rings (SSSR count). The van der Waals surface area contributed by atoms with Gasteiger partial charge in [0.25, 0.3) is 5.91 Å². The number of phenolic OH excluding ortho intramolecular Hbond substituents is 1. The van der Waals surface area contributed by atoms with Crippen molar-refractivity contribution in [3.63, 3.8) is 0 Å². The van der Waals surface area contributed by atoms with Crippen molar-refractivity contribution in [2.75, 3.05) is 19.8 Å². The summed E-state index contributed by atoms with van der Waals surface area (Å²) in [4.78, 5) is 12.3. The molecule has 200 valence electrons. The summed E-state index contributed by atoms with van der Waals surface area (Å²) >= 11 is 5.87. The lowest BCUT2D eigenvalue weighted by Gasteiger charge is -2.23. The molecule has 4 aromatic rings. The minimum atomic E-state index is -0.841. The number of aromatic hydroxyl groups is 1. The van der Waals surface area contributed by atoms with Gasteiger partial charge in [-0.15, -0.1) is 0 Å². The Morgan fingerprint density at radius 3 is 2.50 bits per heavy atom. The van der Waals surface area contributed by atoms with E-state index in [0.717, 1.165) is 21.9 Å². The molecule has 0 aliphatic rings. The summed E-state index contributed by atoms with van der Waals surface area (Å²) in [6.07, 6.45) is 0.705. The summed E-state index contributed by atoms with van der Waals surface area (Å²) in [5, 5.41) is 38.8. The molecule has 2 unspecified atom stereocenters. The van der Waals surface area contributed by atoms with Crippen molar-refractivity contribution < 1.29 is 27.7 Å². The lowest BCUT2D eigenvalue weighted by Crippen LogP contribution is -2.40. The van der Waals surface area contributed by atoms with Crippen LogP contribution in [0.25, 0.3) is 10.8 Å². The maximum absolute atomic E-state index is 12.3. The number of hydrazone groups is 1. The van der Waals surface area contributed by atoms with Crippen molar-refractivity contribution in [3.05, 3.63) is 107 Å². The van der Waals surface area contributed by atoms with Crippen LogP contribution in [0.3, 0.4) is 0 Å². The van der Waals surface area contributed by atoms with Gasteiger partial charge in [0.1, 0.15) is 18.1 Å². The van der Waals surface area contributed by atoms with Gasteiger partial charge in [-0.3, -0.25) is 4.79 Å². The van der Waals surface area contributed by atoms with Crippen molar-refractivity contribution in [1.82, 2.24) is 10.7 Å². The minimum Gasteiger partial charge on any atom is -0.506 e. The van der Waals surface area contributed by atoms with Crippen molar-refractivity contribution in [2.24, 2.45) is 5.10 Å². The first-order chi connectivity index (χ1) is 18.5. The Morgan fingerprint density at radius 2 is 1.76 bits per heavy atom. The minimum absolute atomic E-state index is 0. The number of nitrogens with zero attached hydrogens (tertiary/aromatic N) is 1. The monoisotopic (exact) mass is 537 g/mol. The van der Waals surface area contributed by atoms with Crippen LogP contribution in [0.2, 0.25) is 5.02 Å². The largest absolute Gasteiger partial charge is 0.506 e. The number of amides is 1. The number of carbonyl (C=O) groups excluding carboxylic acids is 1. The van der Waals surface area contributed by atoms with Gasteiger partial charge in [-0.25, -0.2) is 5.43 Å². The Kier molecular flexibility index (Phi) is 9.29. The molecule has 5 N–H and O–H groups in total. The molecule has 1 amide bonds. The summed E-state index contributed by atoms with van der Waals surface area (Å²) in [7, 11) is 0. The van der Waals surface area contributed by atoms with Gasteiger partial charge in [-0.05, 0) is 41.3 Å². The molecule has 0 aromatic heterocycles. The fourth-order valence-electron chi connectivity index (χ4n) is 3.97. The number of halogens is 1. The van der Waals surface area contributed by atoms with Crippen LogP contribution in [0.4, 0.5) is 0 Å². The summed E-state index contributed by atoms with van der Waals surface area (Å²) in [6, 6.07) is 24.2. The second-order valence-electron chi connectivity index (χ2n) is 8.51. The van der Waals surface area contributed by atoms with E-state index >= 15 is 0 Å². The fourth-order valence-corrected chi connectivity index (χ4v) is 4.15. The molecule has 8 nitrogen and oxygen atoms in total. The average Bonchev–Trinajstić information content (AvgIpc) is 2.95. The highest BCUT2D eigenvalue weighted by molar-refractivity contribution is 6.32. The van der Waals surface area contributed by atoms with Crippen molar-refractivity contribution in [2.45, 2.75) is 12.1 Å². The molecule has 0 spiro atoms. The topological polar surface area (TPSA) is 123 Å². The van der Waals surface area contributed by atoms with Gasteiger partial charge in [0, 0.05) is 25.9 Å². The molecule has 0 radical (unpaired) electrons. The molecule has 0 fully saturated rings. The number of nitrogens with one attached hydrogen (secondary N) is 2. The zero-order valence-electron chi connectivity index (χ0n) is 20.4. The molecule has 2 atom stereocenters. The van der Waals surface area contributed by atoms with Gasteiger partial charge >= 0.3 is 0 Å². The van der Waals surface area contributed by atoms with Crippen LogP contribution in [0.1, 0.15) is 30.4 Å². The van der Waals surface area contributed by atoms with E-state index in [1.807, 2.05) is 66.7 Å². The first-order valence-electron chi connectivity index (χ1n) is 12.0. The highest BCUT2D eigenvalue weighted by Crippen LogP contribution is 2.28. The van der Waals surface area contributed by atoms with E-state index in [1.54, 1.807) is 6.21 Å². The number of aliphatic hydroxyl groups is 2. The zero-order chi connectivity index (χ0) is 26.9. The van der Waals surface area contributed by atoms with Gasteiger partial charge < -0.3 is 25.4 Å². The van der Waals surface area contributed by atoms with Gasteiger partial charge in [0.2, 0.25) is 0 Å². The molecule has 0 bridgehead atoms. The van der Waals surface area contributed by atoms with Crippen LogP contribution in [-0.2, 0) is 0 Å². The molecule has 0 aliphatic carbocycles. The number of fused-ring (bicyclic) bond motifs is 1. The molecular formula is C29H32ClN3O5. The third-order valence-corrected chi connectivity index (χ3v) is 6.29. The first-order valence-corrected chi connectivity index (χ1v) is 12.4. The molecule has 0 heterocycles. The van der Waals surface area contributed by atoms with Crippen LogP contribution >= 0.6 is 11.6 Å². The van der Waals surface area contributed by atoms with Crippen LogP contribution in [0.15, 0.2) is 90.0 Å². The van der Waals surface area contributed by atoms with E-state index < -0.39 is 18.1 Å². The van der Waals surface area contributed by atoms with E-state index in [9.17, 15) is 20.1 Å². The highest BCUT2D eigenvalue weighted by Gasteiger charge is 2.19. The molecule has 4 aromatic carbocycles. The number of hydrogen-bond acceptors (Lipinski definition) is 7. The van der Waals surface area contributed by atoms with E-state index in [4.69, 9.17) is 16.3 Å². The summed E-state index contributed by atoms with van der Waals surface area (Å²) in [5.74, 6) is 0.110. The third-order valence-electron chi connectivity index (χ3n) is 5.98. The normalized spacial score (nSPS) is 12.9. The SMILES string of the molecule is O=C(N/N=C/c1ccc(OCCNC(CO)C(O)c2ccccc2)c2ccccc12)c1ccc(O)c(Cl)c1.[HH].[HH]. The van der Waals surface area contributed by atoms with E-state index in [2.05, 4.69) is 15.8 Å². The number of hydrogen-bond donors (Lipinski definition) is 5. The van der Waals surface area contributed by atoms with Crippen molar-refractivity contribution >= 4 is 34.5 Å². The second kappa shape index (κ2) is 13.0. The summed E-state index contributed by atoms with van der Waals surface area (Å²) in [6.45, 7) is 0.518. The van der Waals surface area contributed by atoms with Crippen LogP contribution in [0.5, 0.6) is 11.5 Å². The van der Waals surface area contributed by atoms with E-state index in [-0.39, 0.29) is 25.8 Å². The highest BCUT2D eigenvalue weighted by atomic mass is 35.5. The van der Waals surface area contributed by atoms with Crippen molar-refractivity contribution in [1.29, 1.82) is 0 Å². The van der Waals surface area contributed by atoms with Gasteiger partial charge in [-0.2, -0.15) is 5.10 Å². The van der Waals surface area contributed by atoms with Crippen LogP contribution in [0, 0.1) is 0 Å². The molecule has 0 saturated heterocycles. The van der Waals surface area contributed by atoms with Crippen LogP contribution < -0.4 is 15.5 Å². The number of ether oxygens (including phenoxy) is 1. The summed E-state index contributed by atoms with van der Waals surface area (Å²) < 4.78 is 6.00. The Morgan fingerprint density at radius 1 is 1.03 bits per heavy atom. The van der Waals surface area contributed by atoms with Crippen molar-refractivity contribution in [3.8, 4) is 11.5 Å². The molecule has 0 saturated carbocycles. The van der Waals surface area contributed by atoms with E-state index in [1.165, 1.54) is 18.2 Å². The quantitative estimate of drug-likeness (QED) is 0.109. The molecule has 9 heteroatoms. The zero-order valence-corrected chi connectivity index (χ0v) is 21.2. The Hall–Kier alpha value is -3.95.